The molecule has 1 N–H and O–H groups in total. The van der Waals surface area contributed by atoms with Gasteiger partial charge in [0, 0.05) is 13.0 Å². The smallest absolute Gasteiger partial charge is 0.337 e. The van der Waals surface area contributed by atoms with E-state index in [0.29, 0.717) is 24.4 Å². The number of benzene rings is 1. The maximum absolute atomic E-state index is 11.9. The second kappa shape index (κ2) is 5.33. The third-order valence-electron chi connectivity index (χ3n) is 3.11. The molecule has 1 aliphatic rings. The molecule has 1 saturated heterocycles. The van der Waals surface area contributed by atoms with E-state index in [9.17, 15) is 14.7 Å². The van der Waals surface area contributed by atoms with Crippen LogP contribution in [0.4, 0.5) is 5.69 Å². The lowest BCUT2D eigenvalue weighted by Crippen LogP contribution is -2.26. The Morgan fingerprint density at radius 3 is 2.84 bits per heavy atom. The summed E-state index contributed by atoms with van der Waals surface area (Å²) in [5.74, 6) is -0.533. The third-order valence-corrected chi connectivity index (χ3v) is 3.63. The van der Waals surface area contributed by atoms with Crippen LogP contribution in [0.15, 0.2) is 18.2 Å². The number of nitriles is 1. The highest BCUT2D eigenvalue weighted by molar-refractivity contribution is 7.80. The summed E-state index contributed by atoms with van der Waals surface area (Å²) in [7, 11) is 0. The van der Waals surface area contributed by atoms with Gasteiger partial charge in [-0.25, -0.2) is 4.79 Å². The monoisotopic (exact) mass is 276 g/mol. The average Bonchev–Trinajstić information content (AvgIpc) is 2.79. The van der Waals surface area contributed by atoms with Gasteiger partial charge in [-0.1, -0.05) is 0 Å². The Morgan fingerprint density at radius 2 is 2.32 bits per heavy atom. The van der Waals surface area contributed by atoms with E-state index < -0.39 is 5.97 Å². The summed E-state index contributed by atoms with van der Waals surface area (Å²) in [5.41, 5.74) is 0.589. The number of carbonyl (C=O) groups is 2. The molecule has 0 spiro atoms. The second-order valence-corrected chi connectivity index (χ2v) is 4.77. The van der Waals surface area contributed by atoms with Crippen molar-refractivity contribution in [3.8, 4) is 6.07 Å². The summed E-state index contributed by atoms with van der Waals surface area (Å²) in [4.78, 5) is 24.6. The van der Waals surface area contributed by atoms with Gasteiger partial charge in [0.1, 0.15) is 0 Å². The van der Waals surface area contributed by atoms with Gasteiger partial charge in [0.15, 0.2) is 0 Å². The molecule has 1 atom stereocenters. The van der Waals surface area contributed by atoms with Crippen LogP contribution in [-0.2, 0) is 4.79 Å². The Balaban J connectivity index is 2.43. The number of amides is 1. The zero-order valence-corrected chi connectivity index (χ0v) is 10.9. The molecule has 1 unspecified atom stereocenters. The Bertz CT molecular complexity index is 580. The number of anilines is 1. The normalized spacial score (nSPS) is 18.4. The molecule has 2 rings (SSSR count). The Kier molecular flexibility index (Phi) is 3.76. The quantitative estimate of drug-likeness (QED) is 0.820. The minimum absolute atomic E-state index is 0.0211. The number of carbonyl (C=O) groups excluding carboxylic acids is 1. The van der Waals surface area contributed by atoms with Gasteiger partial charge in [-0.2, -0.15) is 17.9 Å². The molecule has 6 heteroatoms. The van der Waals surface area contributed by atoms with Crippen LogP contribution in [0, 0.1) is 17.2 Å². The maximum atomic E-state index is 11.9. The number of rotatable bonds is 3. The van der Waals surface area contributed by atoms with E-state index in [2.05, 4.69) is 12.6 Å². The standard InChI is InChI=1S/C13H12N2O3S/c14-5-8-1-2-11(10(3-8)13(17)18)15-6-9(7-19)4-12(15)16/h1-3,9,19H,4,6-7H2,(H,17,18). The molecule has 0 saturated carbocycles. The minimum Gasteiger partial charge on any atom is -0.478 e. The van der Waals surface area contributed by atoms with Crippen LogP contribution >= 0.6 is 12.6 Å². The van der Waals surface area contributed by atoms with E-state index in [1.54, 1.807) is 0 Å². The van der Waals surface area contributed by atoms with Gasteiger partial charge >= 0.3 is 5.97 Å². The molecule has 1 heterocycles. The van der Waals surface area contributed by atoms with Gasteiger partial charge in [-0.05, 0) is 29.9 Å². The van der Waals surface area contributed by atoms with E-state index in [1.165, 1.54) is 23.1 Å². The molecule has 0 bridgehead atoms. The predicted octanol–water partition coefficient (Wildman–Crippen LogP) is 1.54. The molecule has 1 aliphatic heterocycles. The fourth-order valence-corrected chi connectivity index (χ4v) is 2.39. The number of hydrogen-bond donors (Lipinski definition) is 2. The van der Waals surface area contributed by atoms with Gasteiger partial charge < -0.3 is 10.0 Å². The molecule has 5 nitrogen and oxygen atoms in total. The molecule has 1 aromatic carbocycles. The molecule has 1 amide bonds. The number of thiol groups is 1. The maximum Gasteiger partial charge on any atom is 0.337 e. The summed E-state index contributed by atoms with van der Waals surface area (Å²) >= 11 is 4.17. The van der Waals surface area contributed by atoms with Gasteiger partial charge in [-0.15, -0.1) is 0 Å². The topological polar surface area (TPSA) is 81.4 Å². The predicted molar refractivity (Wildman–Crippen MR) is 72.4 cm³/mol. The lowest BCUT2D eigenvalue weighted by molar-refractivity contribution is -0.117. The van der Waals surface area contributed by atoms with Gasteiger partial charge in [-0.3, -0.25) is 4.79 Å². The zero-order valence-electron chi connectivity index (χ0n) is 10.0. The van der Waals surface area contributed by atoms with Crippen LogP contribution in [0.25, 0.3) is 0 Å². The highest BCUT2D eigenvalue weighted by Crippen LogP contribution is 2.29. The van der Waals surface area contributed by atoms with Gasteiger partial charge in [0.05, 0.1) is 22.9 Å². The lowest BCUT2D eigenvalue weighted by Gasteiger charge is -2.18. The third kappa shape index (κ3) is 2.56. The van der Waals surface area contributed by atoms with Crippen LogP contribution in [-0.4, -0.2) is 29.3 Å². The fourth-order valence-electron chi connectivity index (χ4n) is 2.15. The van der Waals surface area contributed by atoms with Crippen molar-refractivity contribution in [2.24, 2.45) is 5.92 Å². The summed E-state index contributed by atoms with van der Waals surface area (Å²) in [6.07, 6.45) is 0.378. The summed E-state index contributed by atoms with van der Waals surface area (Å²) in [6.45, 7) is 0.467. The Hall–Kier alpha value is -2.00. The fraction of sp³-hybridized carbons (Fsp3) is 0.308. The van der Waals surface area contributed by atoms with Crippen molar-refractivity contribution in [3.63, 3.8) is 0 Å². The first kappa shape index (κ1) is 13.4. The molecule has 19 heavy (non-hydrogen) atoms. The van der Waals surface area contributed by atoms with Crippen LogP contribution in [0.5, 0.6) is 0 Å². The molecule has 0 aliphatic carbocycles. The summed E-state index contributed by atoms with van der Waals surface area (Å²) in [6, 6.07) is 6.21. The van der Waals surface area contributed by atoms with Crippen molar-refractivity contribution in [3.05, 3.63) is 29.3 Å². The number of aromatic carboxylic acids is 1. The number of nitrogens with zero attached hydrogens (tertiary/aromatic N) is 2. The first-order valence-electron chi connectivity index (χ1n) is 5.75. The number of hydrogen-bond acceptors (Lipinski definition) is 4. The van der Waals surface area contributed by atoms with Crippen molar-refractivity contribution in [2.45, 2.75) is 6.42 Å². The first-order valence-corrected chi connectivity index (χ1v) is 6.38. The van der Waals surface area contributed by atoms with E-state index in [-0.39, 0.29) is 23.0 Å². The Labute approximate surface area is 115 Å². The molecule has 0 aromatic heterocycles. The van der Waals surface area contributed by atoms with Crippen molar-refractivity contribution in [1.29, 1.82) is 5.26 Å². The lowest BCUT2D eigenvalue weighted by atomic mass is 10.1. The first-order chi connectivity index (χ1) is 9.06. The summed E-state index contributed by atoms with van der Waals surface area (Å²) in [5, 5.41) is 18.0. The number of carboxylic acid groups (broad SMARTS) is 1. The second-order valence-electron chi connectivity index (χ2n) is 4.41. The van der Waals surface area contributed by atoms with Crippen LogP contribution in [0.3, 0.4) is 0 Å². The van der Waals surface area contributed by atoms with Crippen molar-refractivity contribution < 1.29 is 14.7 Å². The molecular weight excluding hydrogens is 264 g/mol. The van der Waals surface area contributed by atoms with Crippen LogP contribution in [0.2, 0.25) is 0 Å². The zero-order chi connectivity index (χ0) is 14.0. The largest absolute Gasteiger partial charge is 0.478 e. The number of carboxylic acids is 1. The highest BCUT2D eigenvalue weighted by Gasteiger charge is 2.32. The van der Waals surface area contributed by atoms with E-state index in [4.69, 9.17) is 5.26 Å². The highest BCUT2D eigenvalue weighted by atomic mass is 32.1. The SMILES string of the molecule is N#Cc1ccc(N2CC(CS)CC2=O)c(C(=O)O)c1. The molecular formula is C13H12N2O3S. The van der Waals surface area contributed by atoms with Crippen LogP contribution < -0.4 is 4.90 Å². The van der Waals surface area contributed by atoms with E-state index in [1.807, 2.05) is 6.07 Å². The van der Waals surface area contributed by atoms with Crippen molar-refractivity contribution in [2.75, 3.05) is 17.2 Å². The van der Waals surface area contributed by atoms with Gasteiger partial charge in [0.25, 0.3) is 0 Å². The molecule has 1 aromatic rings. The average molecular weight is 276 g/mol. The Morgan fingerprint density at radius 1 is 1.58 bits per heavy atom. The summed E-state index contributed by atoms with van der Waals surface area (Å²) < 4.78 is 0. The minimum atomic E-state index is -1.14. The van der Waals surface area contributed by atoms with Crippen LogP contribution in [0.1, 0.15) is 22.3 Å². The van der Waals surface area contributed by atoms with Crippen molar-refractivity contribution >= 4 is 30.2 Å². The van der Waals surface area contributed by atoms with Crippen molar-refractivity contribution in [1.82, 2.24) is 0 Å². The van der Waals surface area contributed by atoms with Gasteiger partial charge in [0.2, 0.25) is 5.91 Å². The van der Waals surface area contributed by atoms with E-state index in [0.717, 1.165) is 0 Å². The molecule has 0 radical (unpaired) electrons. The van der Waals surface area contributed by atoms with E-state index >= 15 is 0 Å². The molecule has 98 valence electrons. The molecule has 1 fully saturated rings.